The summed E-state index contributed by atoms with van der Waals surface area (Å²) < 4.78 is 6.48. The van der Waals surface area contributed by atoms with Gasteiger partial charge in [-0.05, 0) is 12.1 Å². The molecule has 1 nitrogen and oxygen atoms in total. The summed E-state index contributed by atoms with van der Waals surface area (Å²) in [5.74, 6) is 0. The van der Waals surface area contributed by atoms with E-state index in [1.165, 1.54) is 47.0 Å². The topological polar surface area (TPSA) is 13.1 Å². The monoisotopic (exact) mass is 296 g/mol. The van der Waals surface area contributed by atoms with E-state index in [-0.39, 0.29) is 0 Å². The van der Waals surface area contributed by atoms with Crippen LogP contribution in [-0.4, -0.2) is 16.1 Å². The fourth-order valence-electron chi connectivity index (χ4n) is 3.45. The Kier molecular flexibility index (Phi) is 6.12. The summed E-state index contributed by atoms with van der Waals surface area (Å²) >= 11 is 0. The molecule has 0 spiro atoms. The first-order chi connectivity index (χ1) is 9.07. The van der Waals surface area contributed by atoms with Gasteiger partial charge in [0.25, 0.3) is 0 Å². The summed E-state index contributed by atoms with van der Waals surface area (Å²) in [6.07, 6.45) is 0. The van der Waals surface area contributed by atoms with E-state index in [0.29, 0.717) is 0 Å². The summed E-state index contributed by atoms with van der Waals surface area (Å²) in [5, 5.41) is 2.75. The van der Waals surface area contributed by atoms with Crippen LogP contribution in [0.3, 0.4) is 0 Å². The zero-order valence-electron chi connectivity index (χ0n) is 13.8. The van der Waals surface area contributed by atoms with Crippen LogP contribution in [0.15, 0.2) is 16.5 Å². The summed E-state index contributed by atoms with van der Waals surface area (Å²) in [5.41, 5.74) is 0. The predicted octanol–water partition coefficient (Wildman–Crippen LogP) is 4.71. The van der Waals surface area contributed by atoms with Crippen molar-refractivity contribution in [2.45, 2.75) is 77.8 Å². The first-order valence-electron chi connectivity index (χ1n) is 8.18. The van der Waals surface area contributed by atoms with E-state index in [1.807, 2.05) is 0 Å². The predicted molar refractivity (Wildman–Crippen MR) is 92.4 cm³/mol. The Balaban J connectivity index is 3.18. The summed E-state index contributed by atoms with van der Waals surface area (Å²) in [4.78, 5) is 0. The molecule has 0 fully saturated rings. The lowest BCUT2D eigenvalue weighted by atomic mass is 10.7. The summed E-state index contributed by atoms with van der Waals surface area (Å²) in [7, 11) is -2.67. The molecular formula is C16H32OSi2. The van der Waals surface area contributed by atoms with Crippen molar-refractivity contribution in [1.82, 2.24) is 0 Å². The van der Waals surface area contributed by atoms with E-state index in [9.17, 15) is 0 Å². The zero-order valence-corrected chi connectivity index (χ0v) is 15.8. The Hall–Kier alpha value is -0.286. The molecular weight excluding hydrogens is 264 g/mol. The second-order valence-electron chi connectivity index (χ2n) is 5.85. The fourth-order valence-corrected chi connectivity index (χ4v) is 10.2. The van der Waals surface area contributed by atoms with Crippen LogP contribution in [0.2, 0.25) is 36.3 Å². The lowest BCUT2D eigenvalue weighted by Crippen LogP contribution is -2.48. The van der Waals surface area contributed by atoms with Crippen molar-refractivity contribution in [1.29, 1.82) is 0 Å². The van der Waals surface area contributed by atoms with Crippen molar-refractivity contribution in [2.75, 3.05) is 0 Å². The number of hydrogen-bond donors (Lipinski definition) is 0. The highest BCUT2D eigenvalue weighted by atomic mass is 28.3. The highest BCUT2D eigenvalue weighted by Gasteiger charge is 2.37. The Bertz CT molecular complexity index is 325. The van der Waals surface area contributed by atoms with Crippen LogP contribution in [0, 0.1) is 0 Å². The van der Waals surface area contributed by atoms with E-state index < -0.39 is 16.1 Å². The van der Waals surface area contributed by atoms with Gasteiger partial charge in [-0.15, -0.1) is 0 Å². The minimum Gasteiger partial charge on any atom is -0.476 e. The Morgan fingerprint density at radius 2 is 0.895 bits per heavy atom. The van der Waals surface area contributed by atoms with Crippen LogP contribution in [0.4, 0.5) is 0 Å². The maximum Gasteiger partial charge on any atom is 0.131 e. The van der Waals surface area contributed by atoms with Gasteiger partial charge in [0.05, 0.1) is 10.8 Å². The molecule has 0 aliphatic carbocycles. The number of hydrogen-bond acceptors (Lipinski definition) is 1. The quantitative estimate of drug-likeness (QED) is 0.633. The molecule has 1 aromatic heterocycles. The summed E-state index contributed by atoms with van der Waals surface area (Å²) in [6.45, 7) is 14.1. The van der Waals surface area contributed by atoms with Crippen molar-refractivity contribution >= 4 is 26.9 Å². The van der Waals surface area contributed by atoms with Crippen LogP contribution >= 0.6 is 0 Å². The van der Waals surface area contributed by atoms with Crippen LogP contribution in [0.1, 0.15) is 41.5 Å². The number of furan rings is 1. The van der Waals surface area contributed by atoms with E-state index in [0.717, 1.165) is 0 Å². The molecule has 0 saturated carbocycles. The number of rotatable bonds is 8. The second-order valence-corrected chi connectivity index (χ2v) is 16.2. The van der Waals surface area contributed by atoms with E-state index >= 15 is 0 Å². The standard InChI is InChI=1S/C16H32OSi2/c1-7-18(8-2,9-3)15-13-14-16(17-15)19(10-4,11-5)12-6/h13-14H,7-12H2,1-6H3. The highest BCUT2D eigenvalue weighted by molar-refractivity contribution is 6.93. The zero-order chi connectivity index (χ0) is 14.5. The Labute approximate surface area is 121 Å². The molecule has 1 heterocycles. The van der Waals surface area contributed by atoms with Crippen molar-refractivity contribution in [3.63, 3.8) is 0 Å². The molecule has 0 aliphatic rings. The molecule has 110 valence electrons. The van der Waals surface area contributed by atoms with Crippen LogP contribution < -0.4 is 10.8 Å². The molecule has 0 radical (unpaired) electrons. The van der Waals surface area contributed by atoms with Crippen molar-refractivity contribution in [3.05, 3.63) is 12.1 Å². The maximum atomic E-state index is 6.48. The first-order valence-corrected chi connectivity index (χ1v) is 13.4. The third-order valence-electron chi connectivity index (χ3n) is 5.71. The molecule has 1 aromatic rings. The average Bonchev–Trinajstić information content (AvgIpc) is 2.95. The molecule has 0 N–H and O–H groups in total. The normalized spacial score (nSPS) is 12.9. The van der Waals surface area contributed by atoms with Gasteiger partial charge < -0.3 is 4.42 Å². The summed E-state index contributed by atoms with van der Waals surface area (Å²) in [6, 6.07) is 12.5. The second kappa shape index (κ2) is 6.93. The third-order valence-corrected chi connectivity index (χ3v) is 16.5. The smallest absolute Gasteiger partial charge is 0.131 e. The molecule has 0 bridgehead atoms. The Morgan fingerprint density at radius 1 is 0.632 bits per heavy atom. The highest BCUT2D eigenvalue weighted by Crippen LogP contribution is 2.23. The van der Waals surface area contributed by atoms with Crippen LogP contribution in [0.25, 0.3) is 0 Å². The average molecular weight is 297 g/mol. The molecule has 19 heavy (non-hydrogen) atoms. The van der Waals surface area contributed by atoms with Crippen LogP contribution in [0.5, 0.6) is 0 Å². The lowest BCUT2D eigenvalue weighted by Gasteiger charge is -2.28. The minimum atomic E-state index is -1.33. The molecule has 0 unspecified atom stereocenters. The lowest BCUT2D eigenvalue weighted by molar-refractivity contribution is 0.623. The van der Waals surface area contributed by atoms with Gasteiger partial charge in [-0.25, -0.2) is 0 Å². The van der Waals surface area contributed by atoms with Gasteiger partial charge in [-0.3, -0.25) is 0 Å². The molecule has 0 aromatic carbocycles. The van der Waals surface area contributed by atoms with Gasteiger partial charge in [0.15, 0.2) is 0 Å². The van der Waals surface area contributed by atoms with Gasteiger partial charge in [0.1, 0.15) is 16.1 Å². The molecule has 0 atom stereocenters. The van der Waals surface area contributed by atoms with Gasteiger partial charge in [-0.1, -0.05) is 77.8 Å². The van der Waals surface area contributed by atoms with Crippen molar-refractivity contribution in [3.8, 4) is 0 Å². The van der Waals surface area contributed by atoms with Gasteiger partial charge >= 0.3 is 0 Å². The first kappa shape index (κ1) is 16.8. The largest absolute Gasteiger partial charge is 0.476 e. The van der Waals surface area contributed by atoms with E-state index in [4.69, 9.17) is 4.42 Å². The van der Waals surface area contributed by atoms with Crippen molar-refractivity contribution in [2.24, 2.45) is 0 Å². The van der Waals surface area contributed by atoms with Crippen molar-refractivity contribution < 1.29 is 4.42 Å². The van der Waals surface area contributed by atoms with E-state index in [2.05, 4.69) is 53.7 Å². The maximum absolute atomic E-state index is 6.48. The van der Waals surface area contributed by atoms with Gasteiger partial charge in [0, 0.05) is 0 Å². The fraction of sp³-hybridized carbons (Fsp3) is 0.750. The molecule has 0 amide bonds. The molecule has 1 rings (SSSR count). The Morgan fingerprint density at radius 3 is 1.11 bits per heavy atom. The molecule has 3 heteroatoms. The minimum absolute atomic E-state index is 1.31. The van der Waals surface area contributed by atoms with Gasteiger partial charge in [0.2, 0.25) is 0 Å². The third kappa shape index (κ3) is 2.92. The van der Waals surface area contributed by atoms with E-state index in [1.54, 1.807) is 0 Å². The molecule has 0 aliphatic heterocycles. The van der Waals surface area contributed by atoms with Gasteiger partial charge in [-0.2, -0.15) is 0 Å². The SMILES string of the molecule is CC[Si](CC)(CC)c1ccc([Si](CC)(CC)CC)o1. The van der Waals surface area contributed by atoms with Crippen LogP contribution in [-0.2, 0) is 0 Å². The molecule has 0 saturated heterocycles.